The van der Waals surface area contributed by atoms with Crippen molar-refractivity contribution in [2.24, 2.45) is 0 Å². The first kappa shape index (κ1) is 18.5. The number of hydrogen-bond donors (Lipinski definition) is 2. The van der Waals surface area contributed by atoms with Crippen LogP contribution in [0.3, 0.4) is 0 Å². The minimum absolute atomic E-state index is 0.0778. The van der Waals surface area contributed by atoms with Gasteiger partial charge in [-0.2, -0.15) is 0 Å². The summed E-state index contributed by atoms with van der Waals surface area (Å²) in [5, 5.41) is 14.4. The Balaban J connectivity index is 1.80. The quantitative estimate of drug-likeness (QED) is 0.667. The maximum absolute atomic E-state index is 13.3. The SMILES string of the molecule is C=Cn1c2ccc(O)cc2c(=O)c2c(NCCN3CCOCC3)ccc(C)c21. The molecule has 6 nitrogen and oxygen atoms in total. The number of phenolic OH excluding ortho intramolecular Hbond substituents is 1. The van der Waals surface area contributed by atoms with Crippen LogP contribution in [0.15, 0.2) is 41.7 Å². The monoisotopic (exact) mass is 379 g/mol. The Hall–Kier alpha value is -2.83. The molecule has 6 heteroatoms. The zero-order valence-corrected chi connectivity index (χ0v) is 16.1. The van der Waals surface area contributed by atoms with Crippen LogP contribution >= 0.6 is 0 Å². The van der Waals surface area contributed by atoms with Gasteiger partial charge >= 0.3 is 0 Å². The van der Waals surface area contributed by atoms with Gasteiger partial charge in [-0.25, -0.2) is 0 Å². The molecule has 2 heterocycles. The summed E-state index contributed by atoms with van der Waals surface area (Å²) in [4.78, 5) is 15.7. The van der Waals surface area contributed by atoms with Crippen molar-refractivity contribution in [3.8, 4) is 5.75 Å². The summed E-state index contributed by atoms with van der Waals surface area (Å²) < 4.78 is 7.32. The molecule has 0 atom stereocenters. The van der Waals surface area contributed by atoms with Crippen LogP contribution in [-0.2, 0) is 4.74 Å². The number of hydrogen-bond acceptors (Lipinski definition) is 5. The summed E-state index contributed by atoms with van der Waals surface area (Å²) in [6, 6.07) is 8.85. The van der Waals surface area contributed by atoms with E-state index in [1.54, 1.807) is 18.3 Å². The van der Waals surface area contributed by atoms with E-state index < -0.39 is 0 Å². The van der Waals surface area contributed by atoms with Crippen molar-refractivity contribution in [2.75, 3.05) is 44.7 Å². The second kappa shape index (κ2) is 7.66. The molecule has 0 unspecified atom stereocenters. The van der Waals surface area contributed by atoms with E-state index in [0.717, 1.165) is 61.7 Å². The number of anilines is 1. The summed E-state index contributed by atoms with van der Waals surface area (Å²) in [6.07, 6.45) is 1.71. The molecule has 0 amide bonds. The number of aromatic hydroxyl groups is 1. The maximum Gasteiger partial charge on any atom is 0.199 e. The first-order valence-electron chi connectivity index (χ1n) is 9.57. The highest BCUT2D eigenvalue weighted by molar-refractivity contribution is 6.02. The summed E-state index contributed by atoms with van der Waals surface area (Å²) in [5.74, 6) is 0.0778. The molecule has 0 aliphatic carbocycles. The van der Waals surface area contributed by atoms with Crippen molar-refractivity contribution < 1.29 is 9.84 Å². The van der Waals surface area contributed by atoms with E-state index in [4.69, 9.17) is 4.74 Å². The van der Waals surface area contributed by atoms with Crippen LogP contribution in [0, 0.1) is 6.92 Å². The smallest absolute Gasteiger partial charge is 0.199 e. The van der Waals surface area contributed by atoms with Gasteiger partial charge in [-0.1, -0.05) is 12.6 Å². The van der Waals surface area contributed by atoms with E-state index in [0.29, 0.717) is 10.8 Å². The lowest BCUT2D eigenvalue weighted by molar-refractivity contribution is 0.0398. The molecule has 1 fully saturated rings. The second-order valence-corrected chi connectivity index (χ2v) is 7.12. The molecular weight excluding hydrogens is 354 g/mol. The lowest BCUT2D eigenvalue weighted by Gasteiger charge is -2.26. The number of nitrogens with one attached hydrogen (secondary N) is 1. The minimum atomic E-state index is -0.0865. The van der Waals surface area contributed by atoms with Crippen molar-refractivity contribution in [1.82, 2.24) is 9.47 Å². The molecule has 2 N–H and O–H groups in total. The number of phenols is 1. The number of fused-ring (bicyclic) bond motifs is 2. The van der Waals surface area contributed by atoms with Crippen molar-refractivity contribution in [2.45, 2.75) is 6.92 Å². The lowest BCUT2D eigenvalue weighted by atomic mass is 10.0. The highest BCUT2D eigenvalue weighted by Gasteiger charge is 2.16. The molecule has 0 spiro atoms. The van der Waals surface area contributed by atoms with E-state index in [1.807, 2.05) is 23.6 Å². The Labute approximate surface area is 163 Å². The zero-order valence-electron chi connectivity index (χ0n) is 16.1. The Morgan fingerprint density at radius 1 is 1.25 bits per heavy atom. The predicted molar refractivity (Wildman–Crippen MR) is 114 cm³/mol. The Kier molecular flexibility index (Phi) is 5.07. The van der Waals surface area contributed by atoms with Gasteiger partial charge in [-0.05, 0) is 36.8 Å². The second-order valence-electron chi connectivity index (χ2n) is 7.12. The molecule has 1 aromatic heterocycles. The third kappa shape index (κ3) is 3.25. The van der Waals surface area contributed by atoms with Gasteiger partial charge in [-0.15, -0.1) is 0 Å². The normalized spacial score (nSPS) is 15.2. The number of aromatic nitrogens is 1. The molecule has 1 aliphatic rings. The van der Waals surface area contributed by atoms with E-state index in [9.17, 15) is 9.90 Å². The largest absolute Gasteiger partial charge is 0.508 e. The van der Waals surface area contributed by atoms with E-state index in [2.05, 4.69) is 16.8 Å². The average Bonchev–Trinajstić information content (AvgIpc) is 2.71. The number of benzene rings is 2. The summed E-state index contributed by atoms with van der Waals surface area (Å²) in [5.41, 5.74) is 3.30. The Morgan fingerprint density at radius 2 is 2.04 bits per heavy atom. The first-order valence-corrected chi connectivity index (χ1v) is 9.57. The highest BCUT2D eigenvalue weighted by Crippen LogP contribution is 2.29. The zero-order chi connectivity index (χ0) is 19.7. The number of rotatable bonds is 5. The van der Waals surface area contributed by atoms with E-state index in [-0.39, 0.29) is 11.2 Å². The molecule has 146 valence electrons. The van der Waals surface area contributed by atoms with Crippen LogP contribution < -0.4 is 10.7 Å². The third-order valence-electron chi connectivity index (χ3n) is 5.36. The van der Waals surface area contributed by atoms with Crippen molar-refractivity contribution in [3.05, 3.63) is 52.7 Å². The Bertz CT molecular complexity index is 1100. The van der Waals surface area contributed by atoms with Crippen LogP contribution in [0.1, 0.15) is 5.56 Å². The molecule has 4 rings (SSSR count). The van der Waals surface area contributed by atoms with Gasteiger partial charge in [0.05, 0.1) is 35.0 Å². The van der Waals surface area contributed by atoms with Gasteiger partial charge in [-0.3, -0.25) is 9.69 Å². The fourth-order valence-corrected chi connectivity index (χ4v) is 3.92. The van der Waals surface area contributed by atoms with Crippen LogP contribution in [0.25, 0.3) is 28.0 Å². The topological polar surface area (TPSA) is 66.7 Å². The summed E-state index contributed by atoms with van der Waals surface area (Å²) in [6.45, 7) is 11.0. The molecule has 0 saturated carbocycles. The lowest BCUT2D eigenvalue weighted by Crippen LogP contribution is -2.39. The van der Waals surface area contributed by atoms with Gasteiger partial charge in [0.15, 0.2) is 5.43 Å². The van der Waals surface area contributed by atoms with Crippen LogP contribution in [-0.4, -0.2) is 54.0 Å². The highest BCUT2D eigenvalue weighted by atomic mass is 16.5. The average molecular weight is 379 g/mol. The first-order chi connectivity index (χ1) is 13.6. The standard InChI is InChI=1S/C22H25N3O3/c1-3-25-19-7-5-16(26)14-17(19)22(27)20-18(6-4-15(2)21(20)25)23-8-9-24-10-12-28-13-11-24/h3-7,14,23,26H,1,8-13H2,2H3. The van der Waals surface area contributed by atoms with E-state index in [1.165, 1.54) is 6.07 Å². The van der Waals surface area contributed by atoms with Crippen LogP contribution in [0.4, 0.5) is 5.69 Å². The molecular formula is C22H25N3O3. The predicted octanol–water partition coefficient (Wildman–Crippen LogP) is 3.01. The van der Waals surface area contributed by atoms with Crippen molar-refractivity contribution in [1.29, 1.82) is 0 Å². The molecule has 1 saturated heterocycles. The molecule has 3 aromatic rings. The minimum Gasteiger partial charge on any atom is -0.508 e. The summed E-state index contributed by atoms with van der Waals surface area (Å²) in [7, 11) is 0. The van der Waals surface area contributed by atoms with Crippen LogP contribution in [0.5, 0.6) is 5.75 Å². The Morgan fingerprint density at radius 3 is 2.79 bits per heavy atom. The van der Waals surface area contributed by atoms with Crippen molar-refractivity contribution in [3.63, 3.8) is 0 Å². The van der Waals surface area contributed by atoms with Crippen molar-refractivity contribution >= 4 is 33.7 Å². The van der Waals surface area contributed by atoms with Gasteiger partial charge in [0.1, 0.15) is 5.75 Å². The van der Waals surface area contributed by atoms with Gasteiger partial charge < -0.3 is 19.7 Å². The van der Waals surface area contributed by atoms with E-state index >= 15 is 0 Å². The fourth-order valence-electron chi connectivity index (χ4n) is 3.92. The molecule has 0 radical (unpaired) electrons. The van der Waals surface area contributed by atoms with Crippen LogP contribution in [0.2, 0.25) is 0 Å². The number of ether oxygens (including phenoxy) is 1. The molecule has 0 bridgehead atoms. The molecule has 2 aromatic carbocycles. The number of aryl methyl sites for hydroxylation is 1. The number of nitrogens with zero attached hydrogens (tertiary/aromatic N) is 2. The maximum atomic E-state index is 13.3. The van der Waals surface area contributed by atoms with Gasteiger partial charge in [0, 0.05) is 38.1 Å². The number of pyridine rings is 1. The van der Waals surface area contributed by atoms with Gasteiger partial charge in [0.25, 0.3) is 0 Å². The molecule has 1 aliphatic heterocycles. The molecule has 28 heavy (non-hydrogen) atoms. The number of morpholine rings is 1. The summed E-state index contributed by atoms with van der Waals surface area (Å²) >= 11 is 0. The van der Waals surface area contributed by atoms with Gasteiger partial charge in [0.2, 0.25) is 0 Å². The fraction of sp³-hybridized carbons (Fsp3) is 0.318. The third-order valence-corrected chi connectivity index (χ3v) is 5.36.